The van der Waals surface area contributed by atoms with Crippen molar-refractivity contribution in [2.75, 3.05) is 18.6 Å². The van der Waals surface area contributed by atoms with E-state index in [1.165, 1.54) is 0 Å². The molecular formula is C14H17NO4. The highest BCUT2D eigenvalue weighted by molar-refractivity contribution is 5.96. The highest BCUT2D eigenvalue weighted by atomic mass is 16.5. The van der Waals surface area contributed by atoms with Gasteiger partial charge in [-0.3, -0.25) is 9.59 Å². The summed E-state index contributed by atoms with van der Waals surface area (Å²) in [4.78, 5) is 24.7. The van der Waals surface area contributed by atoms with E-state index in [9.17, 15) is 9.59 Å². The Kier molecular flexibility index (Phi) is 4.16. The van der Waals surface area contributed by atoms with E-state index in [1.54, 1.807) is 12.0 Å². The summed E-state index contributed by atoms with van der Waals surface area (Å²) in [7, 11) is 1.59. The van der Waals surface area contributed by atoms with Gasteiger partial charge in [0.2, 0.25) is 5.91 Å². The van der Waals surface area contributed by atoms with Gasteiger partial charge in [-0.05, 0) is 12.5 Å². The van der Waals surface area contributed by atoms with E-state index in [1.807, 2.05) is 24.3 Å². The molecule has 1 aromatic carbocycles. The molecule has 5 heteroatoms. The van der Waals surface area contributed by atoms with Gasteiger partial charge < -0.3 is 14.7 Å². The summed E-state index contributed by atoms with van der Waals surface area (Å²) in [6.45, 7) is 0.632. The maximum absolute atomic E-state index is 12.0. The SMILES string of the molecule is COCc1ccccc1N1CC(C(=O)O)CCC1=O. The van der Waals surface area contributed by atoms with Crippen LogP contribution >= 0.6 is 0 Å². The lowest BCUT2D eigenvalue weighted by Gasteiger charge is -2.32. The third-order valence-electron chi connectivity index (χ3n) is 3.34. The molecule has 5 nitrogen and oxygen atoms in total. The van der Waals surface area contributed by atoms with E-state index < -0.39 is 11.9 Å². The van der Waals surface area contributed by atoms with Gasteiger partial charge in [0.05, 0.1) is 12.5 Å². The van der Waals surface area contributed by atoms with Gasteiger partial charge in [-0.15, -0.1) is 0 Å². The van der Waals surface area contributed by atoms with Crippen LogP contribution in [0.3, 0.4) is 0 Å². The van der Waals surface area contributed by atoms with Crippen molar-refractivity contribution in [2.24, 2.45) is 5.92 Å². The molecule has 1 atom stereocenters. The van der Waals surface area contributed by atoms with Gasteiger partial charge in [-0.2, -0.15) is 0 Å². The summed E-state index contributed by atoms with van der Waals surface area (Å²) in [6, 6.07) is 7.43. The first kappa shape index (κ1) is 13.5. The highest BCUT2D eigenvalue weighted by Crippen LogP contribution is 2.27. The molecule has 0 radical (unpaired) electrons. The zero-order valence-electron chi connectivity index (χ0n) is 10.8. The summed E-state index contributed by atoms with van der Waals surface area (Å²) >= 11 is 0. The summed E-state index contributed by atoms with van der Waals surface area (Å²) in [5.74, 6) is -1.36. The first-order valence-electron chi connectivity index (χ1n) is 6.23. The second-order valence-corrected chi connectivity index (χ2v) is 4.64. The van der Waals surface area contributed by atoms with Crippen LogP contribution in [0.4, 0.5) is 5.69 Å². The van der Waals surface area contributed by atoms with Gasteiger partial charge in [0.25, 0.3) is 0 Å². The molecule has 1 aliphatic rings. The fraction of sp³-hybridized carbons (Fsp3) is 0.429. The number of ether oxygens (including phenoxy) is 1. The van der Waals surface area contributed by atoms with Crippen molar-refractivity contribution in [3.63, 3.8) is 0 Å². The number of nitrogens with zero attached hydrogens (tertiary/aromatic N) is 1. The van der Waals surface area contributed by atoms with Gasteiger partial charge in [-0.1, -0.05) is 18.2 Å². The molecule has 102 valence electrons. The van der Waals surface area contributed by atoms with Gasteiger partial charge in [0.1, 0.15) is 0 Å². The number of aliphatic carboxylic acids is 1. The molecule has 0 aliphatic carbocycles. The first-order valence-corrected chi connectivity index (χ1v) is 6.23. The Morgan fingerprint density at radius 3 is 2.89 bits per heavy atom. The van der Waals surface area contributed by atoms with Gasteiger partial charge >= 0.3 is 5.97 Å². The predicted molar refractivity (Wildman–Crippen MR) is 69.9 cm³/mol. The number of carbonyl (C=O) groups is 2. The molecule has 1 unspecified atom stereocenters. The molecule has 1 saturated heterocycles. The molecule has 1 heterocycles. The zero-order chi connectivity index (χ0) is 13.8. The van der Waals surface area contributed by atoms with Crippen LogP contribution < -0.4 is 4.90 Å². The number of para-hydroxylation sites is 1. The number of piperidine rings is 1. The summed E-state index contributed by atoms with van der Waals surface area (Å²) in [6.07, 6.45) is 0.690. The number of benzene rings is 1. The fourth-order valence-electron chi connectivity index (χ4n) is 2.33. The summed E-state index contributed by atoms with van der Waals surface area (Å²) in [5, 5.41) is 9.10. The molecule has 19 heavy (non-hydrogen) atoms. The standard InChI is InChI=1S/C14H17NO4/c1-19-9-11-4-2-3-5-12(11)15-8-10(14(17)18)6-7-13(15)16/h2-5,10H,6-9H2,1H3,(H,17,18). The van der Waals surface area contributed by atoms with E-state index in [2.05, 4.69) is 0 Å². The minimum atomic E-state index is -0.846. The van der Waals surface area contributed by atoms with Gasteiger partial charge in [0, 0.05) is 31.3 Å². The third kappa shape index (κ3) is 2.93. The Morgan fingerprint density at radius 1 is 1.47 bits per heavy atom. The number of amides is 1. The van der Waals surface area contributed by atoms with Crippen LogP contribution in [0, 0.1) is 5.92 Å². The van der Waals surface area contributed by atoms with E-state index in [0.717, 1.165) is 11.3 Å². The molecule has 0 spiro atoms. The number of rotatable bonds is 4. The van der Waals surface area contributed by atoms with Crippen molar-refractivity contribution in [3.8, 4) is 0 Å². The molecule has 1 N–H and O–H groups in total. The van der Waals surface area contributed by atoms with Gasteiger partial charge in [-0.25, -0.2) is 0 Å². The first-order chi connectivity index (χ1) is 9.13. The second kappa shape index (κ2) is 5.84. The van der Waals surface area contributed by atoms with Crippen LogP contribution in [-0.2, 0) is 20.9 Å². The maximum atomic E-state index is 12.0. The Hall–Kier alpha value is -1.88. The number of carbonyl (C=O) groups excluding carboxylic acids is 1. The largest absolute Gasteiger partial charge is 0.481 e. The van der Waals surface area contributed by atoms with Gasteiger partial charge in [0.15, 0.2) is 0 Å². The molecule has 0 bridgehead atoms. The van der Waals surface area contributed by atoms with Crippen molar-refractivity contribution >= 4 is 17.6 Å². The number of carboxylic acid groups (broad SMARTS) is 1. The van der Waals surface area contributed by atoms with Crippen LogP contribution in [0.15, 0.2) is 24.3 Å². The lowest BCUT2D eigenvalue weighted by Crippen LogP contribution is -2.43. The number of carboxylic acids is 1. The van der Waals surface area contributed by atoms with Crippen molar-refractivity contribution in [3.05, 3.63) is 29.8 Å². The molecule has 1 amide bonds. The van der Waals surface area contributed by atoms with Crippen molar-refractivity contribution in [1.29, 1.82) is 0 Å². The quantitative estimate of drug-likeness (QED) is 0.897. The molecule has 1 aromatic rings. The lowest BCUT2D eigenvalue weighted by atomic mass is 9.96. The van der Waals surface area contributed by atoms with Crippen molar-refractivity contribution < 1.29 is 19.4 Å². The monoisotopic (exact) mass is 263 g/mol. The third-order valence-corrected chi connectivity index (χ3v) is 3.34. The molecule has 0 saturated carbocycles. The average Bonchev–Trinajstić information content (AvgIpc) is 2.40. The average molecular weight is 263 g/mol. The van der Waals surface area contributed by atoms with E-state index in [4.69, 9.17) is 9.84 Å². The molecule has 1 fully saturated rings. The van der Waals surface area contributed by atoms with Crippen LogP contribution in [0.1, 0.15) is 18.4 Å². The summed E-state index contributed by atoms with van der Waals surface area (Å²) in [5.41, 5.74) is 1.64. The lowest BCUT2D eigenvalue weighted by molar-refractivity contribution is -0.142. The molecule has 0 aromatic heterocycles. The molecule has 1 aliphatic heterocycles. The minimum absolute atomic E-state index is 0.0268. The van der Waals surface area contributed by atoms with E-state index in [-0.39, 0.29) is 18.9 Å². The van der Waals surface area contributed by atoms with Crippen LogP contribution in [0.5, 0.6) is 0 Å². The second-order valence-electron chi connectivity index (χ2n) is 4.64. The minimum Gasteiger partial charge on any atom is -0.481 e. The van der Waals surface area contributed by atoms with Crippen molar-refractivity contribution in [1.82, 2.24) is 0 Å². The number of hydrogen-bond acceptors (Lipinski definition) is 3. The van der Waals surface area contributed by atoms with E-state index >= 15 is 0 Å². The number of methoxy groups -OCH3 is 1. The maximum Gasteiger partial charge on any atom is 0.308 e. The van der Waals surface area contributed by atoms with Crippen LogP contribution in [-0.4, -0.2) is 30.6 Å². The Labute approximate surface area is 111 Å². The van der Waals surface area contributed by atoms with Crippen LogP contribution in [0.25, 0.3) is 0 Å². The Bertz CT molecular complexity index is 486. The Morgan fingerprint density at radius 2 is 2.21 bits per heavy atom. The predicted octanol–water partition coefficient (Wildman–Crippen LogP) is 1.66. The normalized spacial score (nSPS) is 19.5. The number of anilines is 1. The molecular weight excluding hydrogens is 246 g/mol. The zero-order valence-corrected chi connectivity index (χ0v) is 10.8. The summed E-state index contributed by atoms with van der Waals surface area (Å²) < 4.78 is 5.11. The van der Waals surface area contributed by atoms with E-state index in [0.29, 0.717) is 13.0 Å². The topological polar surface area (TPSA) is 66.8 Å². The highest BCUT2D eigenvalue weighted by Gasteiger charge is 2.31. The fourth-order valence-corrected chi connectivity index (χ4v) is 2.33. The smallest absolute Gasteiger partial charge is 0.308 e. The molecule has 2 rings (SSSR count). The number of hydrogen-bond donors (Lipinski definition) is 1. The van der Waals surface area contributed by atoms with Crippen LogP contribution in [0.2, 0.25) is 0 Å². The van der Waals surface area contributed by atoms with Crippen molar-refractivity contribution in [2.45, 2.75) is 19.4 Å². The Balaban J connectivity index is 2.28.